The number of nitrogens with one attached hydrogen (secondary N) is 2. The van der Waals surface area contributed by atoms with Crippen molar-refractivity contribution in [3.63, 3.8) is 0 Å². The number of aliphatic hydroxyl groups is 1. The van der Waals surface area contributed by atoms with Crippen molar-refractivity contribution < 1.29 is 29.3 Å². The molecule has 0 fully saturated rings. The molecular formula is C30H43ClN2O6. The van der Waals surface area contributed by atoms with Crippen LogP contribution < -0.4 is 10.6 Å². The zero-order valence-corrected chi connectivity index (χ0v) is 24.7. The lowest BCUT2D eigenvalue weighted by atomic mass is 9.86. The van der Waals surface area contributed by atoms with Crippen LogP contribution in [-0.4, -0.2) is 47.3 Å². The third-order valence-corrected chi connectivity index (χ3v) is 5.33. The number of methoxy groups -OCH3 is 1. The molecule has 0 spiro atoms. The molecule has 0 aromatic rings. The van der Waals surface area contributed by atoms with E-state index in [0.717, 1.165) is 5.57 Å². The largest absolute Gasteiger partial charge is 0.490 e. The number of rotatable bonds is 15. The van der Waals surface area contributed by atoms with Crippen molar-refractivity contribution in [1.29, 1.82) is 0 Å². The minimum Gasteiger partial charge on any atom is -0.490 e. The first kappa shape index (κ1) is 35.6. The van der Waals surface area contributed by atoms with Gasteiger partial charge in [0.05, 0.1) is 13.2 Å². The minimum absolute atomic E-state index is 0.0418. The molecule has 0 heterocycles. The molecule has 8 nitrogen and oxygen atoms in total. The number of halogens is 1. The summed E-state index contributed by atoms with van der Waals surface area (Å²) in [5, 5.41) is 24.9. The number of carbonyl (C=O) groups excluding carboxylic acids is 2. The molecule has 0 aliphatic heterocycles. The second kappa shape index (κ2) is 18.8. The fraction of sp³-hybridized carbons (Fsp3) is 0.433. The van der Waals surface area contributed by atoms with Gasteiger partial charge in [-0.15, -0.1) is 0 Å². The van der Waals surface area contributed by atoms with Crippen molar-refractivity contribution in [2.24, 2.45) is 11.3 Å². The predicted octanol–water partition coefficient (Wildman–Crippen LogP) is 5.30. The maximum atomic E-state index is 12.7. The minimum atomic E-state index is -1.13. The molecule has 0 aliphatic carbocycles. The summed E-state index contributed by atoms with van der Waals surface area (Å²) in [6.07, 6.45) is 18.3. The van der Waals surface area contributed by atoms with Gasteiger partial charge >= 0.3 is 5.97 Å². The maximum absolute atomic E-state index is 12.7. The fourth-order valence-corrected chi connectivity index (χ4v) is 3.22. The van der Waals surface area contributed by atoms with Crippen molar-refractivity contribution in [1.82, 2.24) is 10.6 Å². The van der Waals surface area contributed by atoms with Crippen LogP contribution in [0.3, 0.4) is 0 Å². The molecule has 0 unspecified atom stereocenters. The SMILES string of the molecule is CO/C(=C/C=C/[C@@H](C)/C=C(C)/C=C\C=C/C(=O)N[C@H](C(=O)N/C=C\C[C@@H](O)C/C=C(\C)Cl)C(C)(C)C)C(=O)O. The van der Waals surface area contributed by atoms with Crippen LogP contribution in [0.4, 0.5) is 0 Å². The number of carboxylic acids is 1. The summed E-state index contributed by atoms with van der Waals surface area (Å²) in [5.74, 6) is -2.01. The number of hydrogen-bond acceptors (Lipinski definition) is 5. The highest BCUT2D eigenvalue weighted by molar-refractivity contribution is 6.29. The summed E-state index contributed by atoms with van der Waals surface area (Å²) in [6.45, 7) is 11.2. The number of aliphatic carboxylic acids is 1. The number of ether oxygens (including phenoxy) is 1. The average molecular weight is 563 g/mol. The molecule has 4 N–H and O–H groups in total. The van der Waals surface area contributed by atoms with Gasteiger partial charge in [0.1, 0.15) is 6.04 Å². The molecule has 0 radical (unpaired) electrons. The number of carboxylic acid groups (broad SMARTS) is 1. The summed E-state index contributed by atoms with van der Waals surface area (Å²) >= 11 is 5.76. The Morgan fingerprint density at radius 2 is 1.69 bits per heavy atom. The standard InChI is InChI=1S/C30H43ClN2O6/c1-21(20-22(2)13-10-15-25(39-7)29(37)38)12-8-9-16-26(35)33-27(30(4,5)6)28(36)32-19-11-14-24(34)18-17-23(3)31/h8-13,15-17,19-20,22,24,27,34H,14,18H2,1-7H3,(H,32,36)(H,33,35)(H,37,38)/b12-8-,13-10+,16-9-,19-11-,21-20+,23-17+,25-15+/t22-,24-,27-/m1/s1. The quantitative estimate of drug-likeness (QED) is 0.122. The molecule has 216 valence electrons. The highest BCUT2D eigenvalue weighted by atomic mass is 35.5. The van der Waals surface area contributed by atoms with Gasteiger partial charge < -0.3 is 25.6 Å². The van der Waals surface area contributed by atoms with Gasteiger partial charge in [-0.2, -0.15) is 0 Å². The van der Waals surface area contributed by atoms with Crippen molar-refractivity contribution in [2.45, 2.75) is 66.5 Å². The van der Waals surface area contributed by atoms with Gasteiger partial charge in [-0.05, 0) is 50.3 Å². The Labute approximate surface area is 237 Å². The molecule has 39 heavy (non-hydrogen) atoms. The van der Waals surface area contributed by atoms with Gasteiger partial charge in [-0.3, -0.25) is 9.59 Å². The third-order valence-electron chi connectivity index (χ3n) is 5.17. The Bertz CT molecular complexity index is 1020. The molecule has 3 atom stereocenters. The Kier molecular flexibility index (Phi) is 17.2. The second-order valence-electron chi connectivity index (χ2n) is 10.0. The zero-order chi connectivity index (χ0) is 30.0. The smallest absolute Gasteiger partial charge is 0.371 e. The normalized spacial score (nSPS) is 16.2. The van der Waals surface area contributed by atoms with Gasteiger partial charge in [0, 0.05) is 11.1 Å². The molecule has 0 aromatic carbocycles. The van der Waals surface area contributed by atoms with E-state index in [4.69, 9.17) is 21.4 Å². The van der Waals surface area contributed by atoms with Crippen LogP contribution in [0.2, 0.25) is 0 Å². The molecule has 2 amide bonds. The van der Waals surface area contributed by atoms with Crippen molar-refractivity contribution in [3.8, 4) is 0 Å². The number of amides is 2. The van der Waals surface area contributed by atoms with Crippen LogP contribution in [0, 0.1) is 11.3 Å². The molecule has 0 saturated heterocycles. The second-order valence-corrected chi connectivity index (χ2v) is 10.6. The van der Waals surface area contributed by atoms with Crippen LogP contribution in [0.5, 0.6) is 0 Å². The Balaban J connectivity index is 4.97. The van der Waals surface area contributed by atoms with Crippen LogP contribution in [0.15, 0.2) is 83.3 Å². The molecular weight excluding hydrogens is 520 g/mol. The van der Waals surface area contributed by atoms with E-state index in [1.807, 2.05) is 52.8 Å². The van der Waals surface area contributed by atoms with E-state index in [-0.39, 0.29) is 17.6 Å². The summed E-state index contributed by atoms with van der Waals surface area (Å²) in [7, 11) is 1.30. The Morgan fingerprint density at radius 3 is 2.26 bits per heavy atom. The zero-order valence-electron chi connectivity index (χ0n) is 23.9. The van der Waals surface area contributed by atoms with E-state index >= 15 is 0 Å². The van der Waals surface area contributed by atoms with Crippen molar-refractivity contribution in [3.05, 3.63) is 83.3 Å². The van der Waals surface area contributed by atoms with E-state index in [9.17, 15) is 19.5 Å². The van der Waals surface area contributed by atoms with Gasteiger partial charge in [0.2, 0.25) is 17.6 Å². The molecule has 0 aromatic heterocycles. The molecule has 0 saturated carbocycles. The topological polar surface area (TPSA) is 125 Å². The van der Waals surface area contributed by atoms with Crippen LogP contribution >= 0.6 is 11.6 Å². The van der Waals surface area contributed by atoms with E-state index in [2.05, 4.69) is 10.6 Å². The lowest BCUT2D eigenvalue weighted by Crippen LogP contribution is -2.52. The van der Waals surface area contributed by atoms with Gasteiger partial charge in [0.25, 0.3) is 0 Å². The number of hydrogen-bond donors (Lipinski definition) is 4. The molecule has 9 heteroatoms. The molecule has 0 bridgehead atoms. The first-order chi connectivity index (χ1) is 18.2. The van der Waals surface area contributed by atoms with Crippen molar-refractivity contribution >= 4 is 29.4 Å². The Hall–Kier alpha value is -3.36. The number of aliphatic hydroxyl groups excluding tert-OH is 1. The molecule has 0 rings (SSSR count). The van der Waals surface area contributed by atoms with E-state index in [1.54, 1.807) is 37.3 Å². The lowest BCUT2D eigenvalue weighted by Gasteiger charge is -2.29. The highest BCUT2D eigenvalue weighted by Crippen LogP contribution is 2.19. The van der Waals surface area contributed by atoms with E-state index < -0.39 is 29.4 Å². The number of carbonyl (C=O) groups is 3. The van der Waals surface area contributed by atoms with Gasteiger partial charge in [-0.1, -0.05) is 93.5 Å². The lowest BCUT2D eigenvalue weighted by molar-refractivity contribution is -0.136. The van der Waals surface area contributed by atoms with Crippen molar-refractivity contribution in [2.75, 3.05) is 7.11 Å². The van der Waals surface area contributed by atoms with E-state index in [0.29, 0.717) is 17.9 Å². The highest BCUT2D eigenvalue weighted by Gasteiger charge is 2.31. The van der Waals surface area contributed by atoms with E-state index in [1.165, 1.54) is 25.5 Å². The summed E-state index contributed by atoms with van der Waals surface area (Å²) in [6, 6.07) is -0.780. The fourth-order valence-electron chi connectivity index (χ4n) is 3.13. The summed E-state index contributed by atoms with van der Waals surface area (Å²) < 4.78 is 4.76. The predicted molar refractivity (Wildman–Crippen MR) is 157 cm³/mol. The van der Waals surface area contributed by atoms with Gasteiger partial charge in [0.15, 0.2) is 0 Å². The average Bonchev–Trinajstić information content (AvgIpc) is 2.83. The maximum Gasteiger partial charge on any atom is 0.371 e. The first-order valence-electron chi connectivity index (χ1n) is 12.6. The summed E-state index contributed by atoms with van der Waals surface area (Å²) in [5.41, 5.74) is 0.413. The number of allylic oxidation sites excluding steroid dienone is 9. The van der Waals surface area contributed by atoms with Crippen LogP contribution in [0.25, 0.3) is 0 Å². The molecule has 0 aliphatic rings. The van der Waals surface area contributed by atoms with Crippen LogP contribution in [0.1, 0.15) is 54.4 Å². The Morgan fingerprint density at radius 1 is 1.05 bits per heavy atom. The third kappa shape index (κ3) is 17.7. The van der Waals surface area contributed by atoms with Crippen LogP contribution in [-0.2, 0) is 19.1 Å². The van der Waals surface area contributed by atoms with Gasteiger partial charge in [-0.25, -0.2) is 4.79 Å². The first-order valence-corrected chi connectivity index (χ1v) is 13.0. The monoisotopic (exact) mass is 562 g/mol. The summed E-state index contributed by atoms with van der Waals surface area (Å²) in [4.78, 5) is 36.1.